The summed E-state index contributed by atoms with van der Waals surface area (Å²) >= 11 is 0. The van der Waals surface area contributed by atoms with E-state index < -0.39 is 0 Å². The fraction of sp³-hybridized carbons (Fsp3) is 0.393. The second-order valence-corrected chi connectivity index (χ2v) is 9.48. The first-order valence-corrected chi connectivity index (χ1v) is 12.2. The van der Waals surface area contributed by atoms with Gasteiger partial charge in [-0.1, -0.05) is 18.2 Å². The number of para-hydroxylation sites is 1. The standard InChI is InChI=1S/C28H34N4O2/c1-18(2)34-27-17-26(30-25(27)16-24-19(3)15-20(4)29-24)28-22(9-10-32-11-13-33-14-12-32)21-7-5-6-8-23(21)31-28/h5-8,15-18,29-30H,9-14H2,1-4H3. The normalized spacial score (nSPS) is 18.5. The third-order valence-corrected chi connectivity index (χ3v) is 6.44. The largest absolute Gasteiger partial charge is 0.489 e. The van der Waals surface area contributed by atoms with Gasteiger partial charge >= 0.3 is 0 Å². The smallest absolute Gasteiger partial charge is 0.145 e. The average Bonchev–Trinajstić information content (AvgIpc) is 3.48. The van der Waals surface area contributed by atoms with Gasteiger partial charge in [0.25, 0.3) is 0 Å². The second kappa shape index (κ2) is 9.65. The van der Waals surface area contributed by atoms with Gasteiger partial charge in [0, 0.05) is 42.3 Å². The SMILES string of the molecule is Cc1cc(C)c(C=c2[nH]c(=C3N=c4ccccc4=C3CCN3CCOCC3)cc2OC(C)C)[nH]1. The first kappa shape index (κ1) is 22.7. The third kappa shape index (κ3) is 4.74. The van der Waals surface area contributed by atoms with Gasteiger partial charge in [-0.15, -0.1) is 0 Å². The van der Waals surface area contributed by atoms with Crippen LogP contribution in [0.5, 0.6) is 5.75 Å². The van der Waals surface area contributed by atoms with E-state index in [9.17, 15) is 0 Å². The molecule has 0 bridgehead atoms. The highest BCUT2D eigenvalue weighted by Gasteiger charge is 2.18. The molecule has 34 heavy (non-hydrogen) atoms. The molecular formula is C28H34N4O2. The summed E-state index contributed by atoms with van der Waals surface area (Å²) in [6.07, 6.45) is 3.16. The van der Waals surface area contributed by atoms with E-state index >= 15 is 0 Å². The van der Waals surface area contributed by atoms with Crippen LogP contribution >= 0.6 is 0 Å². The van der Waals surface area contributed by atoms with E-state index in [1.165, 1.54) is 16.4 Å². The van der Waals surface area contributed by atoms with Crippen LogP contribution in [0.15, 0.2) is 41.4 Å². The number of hydrogen-bond acceptors (Lipinski definition) is 4. The molecule has 0 atom stereocenters. The summed E-state index contributed by atoms with van der Waals surface area (Å²) in [5.74, 6) is 0.850. The zero-order chi connectivity index (χ0) is 23.7. The predicted octanol–water partition coefficient (Wildman–Crippen LogP) is 1.89. The molecule has 2 N–H and O–H groups in total. The number of H-pyrrole nitrogens is 2. The number of ether oxygens (including phenoxy) is 2. The van der Waals surface area contributed by atoms with Gasteiger partial charge in [0.2, 0.25) is 0 Å². The van der Waals surface area contributed by atoms with Crippen molar-refractivity contribution in [3.05, 3.63) is 74.6 Å². The minimum absolute atomic E-state index is 0.0785. The number of benzene rings is 1. The maximum absolute atomic E-state index is 6.21. The Labute approximate surface area is 200 Å². The third-order valence-electron chi connectivity index (χ3n) is 6.44. The van der Waals surface area contributed by atoms with Crippen molar-refractivity contribution in [3.63, 3.8) is 0 Å². The maximum atomic E-state index is 6.21. The molecule has 2 aliphatic heterocycles. The molecule has 6 heteroatoms. The Bertz CT molecular complexity index is 1420. The van der Waals surface area contributed by atoms with Crippen LogP contribution < -0.4 is 26.0 Å². The Morgan fingerprint density at radius 1 is 1.12 bits per heavy atom. The highest BCUT2D eigenvalue weighted by Crippen LogP contribution is 2.19. The average molecular weight is 459 g/mol. The van der Waals surface area contributed by atoms with Gasteiger partial charge in [0.15, 0.2) is 0 Å². The van der Waals surface area contributed by atoms with Gasteiger partial charge < -0.3 is 19.4 Å². The molecule has 0 saturated carbocycles. The van der Waals surface area contributed by atoms with Gasteiger partial charge in [-0.2, -0.15) is 0 Å². The molecule has 1 fully saturated rings. The van der Waals surface area contributed by atoms with Gasteiger partial charge in [0.05, 0.1) is 41.1 Å². The Hall–Kier alpha value is -3.09. The molecule has 0 aliphatic carbocycles. The van der Waals surface area contributed by atoms with E-state index in [1.54, 1.807) is 0 Å². The lowest BCUT2D eigenvalue weighted by Crippen LogP contribution is -2.37. The molecule has 6 nitrogen and oxygen atoms in total. The first-order valence-electron chi connectivity index (χ1n) is 12.2. The number of hydrogen-bond donors (Lipinski definition) is 2. The molecule has 0 spiro atoms. The number of nitrogens with one attached hydrogen (secondary N) is 2. The Morgan fingerprint density at radius 3 is 2.65 bits per heavy atom. The van der Waals surface area contributed by atoms with Crippen molar-refractivity contribution in [2.75, 3.05) is 32.8 Å². The van der Waals surface area contributed by atoms with Crippen LogP contribution in [0, 0.1) is 13.8 Å². The highest BCUT2D eigenvalue weighted by atomic mass is 16.5. The highest BCUT2D eigenvalue weighted by molar-refractivity contribution is 5.89. The minimum atomic E-state index is 0.0785. The number of rotatable bonds is 6. The van der Waals surface area contributed by atoms with E-state index in [2.05, 4.69) is 85.0 Å². The Morgan fingerprint density at radius 2 is 1.91 bits per heavy atom. The van der Waals surface area contributed by atoms with Gasteiger partial charge in [-0.25, -0.2) is 4.99 Å². The fourth-order valence-electron chi connectivity index (χ4n) is 4.79. The van der Waals surface area contributed by atoms with Crippen molar-refractivity contribution in [2.45, 2.75) is 40.2 Å². The Balaban J connectivity index is 1.62. The van der Waals surface area contributed by atoms with Gasteiger partial charge in [-0.05, 0) is 63.5 Å². The van der Waals surface area contributed by atoms with Crippen molar-refractivity contribution in [3.8, 4) is 5.75 Å². The lowest BCUT2D eigenvalue weighted by atomic mass is 10.1. The zero-order valence-corrected chi connectivity index (χ0v) is 20.6. The van der Waals surface area contributed by atoms with Crippen LogP contribution in [0.2, 0.25) is 0 Å². The molecule has 178 valence electrons. The lowest BCUT2D eigenvalue weighted by molar-refractivity contribution is 0.0390. The molecule has 5 rings (SSSR count). The van der Waals surface area contributed by atoms with Crippen LogP contribution in [0.4, 0.5) is 0 Å². The van der Waals surface area contributed by atoms with Gasteiger partial charge in [-0.3, -0.25) is 4.90 Å². The molecular weight excluding hydrogens is 424 g/mol. The summed E-state index contributed by atoms with van der Waals surface area (Å²) in [6.45, 7) is 12.9. The summed E-state index contributed by atoms with van der Waals surface area (Å²) in [5, 5.41) is 4.22. The first-order chi connectivity index (χ1) is 16.5. The maximum Gasteiger partial charge on any atom is 0.145 e. The molecule has 0 amide bonds. The molecule has 0 unspecified atom stereocenters. The van der Waals surface area contributed by atoms with Crippen LogP contribution in [0.3, 0.4) is 0 Å². The number of aromatic nitrogens is 2. The number of fused-ring (bicyclic) bond motifs is 1. The monoisotopic (exact) mass is 458 g/mol. The summed E-state index contributed by atoms with van der Waals surface area (Å²) in [4.78, 5) is 14.6. The van der Waals surface area contributed by atoms with Crippen LogP contribution in [-0.4, -0.2) is 53.8 Å². The van der Waals surface area contributed by atoms with Crippen molar-refractivity contribution >= 4 is 17.3 Å². The summed E-state index contributed by atoms with van der Waals surface area (Å²) < 4.78 is 11.7. The van der Waals surface area contributed by atoms with E-state index in [0.29, 0.717) is 0 Å². The number of aryl methyl sites for hydroxylation is 2. The topological polar surface area (TPSA) is 65.6 Å². The second-order valence-electron chi connectivity index (χ2n) is 9.48. The molecule has 0 radical (unpaired) electrons. The number of nitrogens with zero attached hydrogens (tertiary/aromatic N) is 2. The fourth-order valence-corrected chi connectivity index (χ4v) is 4.79. The molecule has 4 heterocycles. The van der Waals surface area contributed by atoms with E-state index in [0.717, 1.165) is 78.2 Å². The predicted molar refractivity (Wildman–Crippen MR) is 136 cm³/mol. The van der Waals surface area contributed by atoms with Crippen LogP contribution in [0.25, 0.3) is 17.3 Å². The minimum Gasteiger partial charge on any atom is -0.489 e. The summed E-state index contributed by atoms with van der Waals surface area (Å²) in [7, 11) is 0. The molecule has 2 aromatic heterocycles. The van der Waals surface area contributed by atoms with Crippen LogP contribution in [0.1, 0.15) is 37.2 Å². The zero-order valence-electron chi connectivity index (χ0n) is 20.6. The van der Waals surface area contributed by atoms with Crippen molar-refractivity contribution < 1.29 is 9.47 Å². The molecule has 1 saturated heterocycles. The van der Waals surface area contributed by atoms with Crippen molar-refractivity contribution in [1.82, 2.24) is 14.9 Å². The van der Waals surface area contributed by atoms with Crippen LogP contribution in [-0.2, 0) is 4.74 Å². The summed E-state index contributed by atoms with van der Waals surface area (Å²) in [5.41, 5.74) is 5.76. The van der Waals surface area contributed by atoms with Crippen molar-refractivity contribution in [1.29, 1.82) is 0 Å². The molecule has 2 aliphatic rings. The quantitative estimate of drug-likeness (QED) is 0.593. The van der Waals surface area contributed by atoms with Gasteiger partial charge in [0.1, 0.15) is 5.75 Å². The van der Waals surface area contributed by atoms with Crippen molar-refractivity contribution in [2.24, 2.45) is 4.99 Å². The summed E-state index contributed by atoms with van der Waals surface area (Å²) in [6, 6.07) is 12.7. The lowest BCUT2D eigenvalue weighted by Gasteiger charge is -2.26. The van der Waals surface area contributed by atoms with E-state index in [-0.39, 0.29) is 6.10 Å². The van der Waals surface area contributed by atoms with E-state index in [1.807, 2.05) is 0 Å². The number of morpholine rings is 1. The Kier molecular flexibility index (Phi) is 6.44. The molecule has 1 aromatic carbocycles. The molecule has 3 aromatic rings. The number of aromatic amines is 2. The van der Waals surface area contributed by atoms with E-state index in [4.69, 9.17) is 14.5 Å².